The quantitative estimate of drug-likeness (QED) is 0.879. The molecule has 7 nitrogen and oxygen atoms in total. The summed E-state index contributed by atoms with van der Waals surface area (Å²) in [6, 6.07) is 6.09. The van der Waals surface area contributed by atoms with E-state index in [4.69, 9.17) is 5.14 Å². The first-order valence-electron chi connectivity index (χ1n) is 6.14. The Morgan fingerprint density at radius 1 is 1.29 bits per heavy atom. The van der Waals surface area contributed by atoms with Gasteiger partial charge in [-0.1, -0.05) is 0 Å². The van der Waals surface area contributed by atoms with Crippen LogP contribution in [0.4, 0.5) is 5.69 Å². The van der Waals surface area contributed by atoms with Crippen molar-refractivity contribution in [3.8, 4) is 0 Å². The summed E-state index contributed by atoms with van der Waals surface area (Å²) in [4.78, 5) is 12.2. The molecule has 8 heteroatoms. The van der Waals surface area contributed by atoms with Gasteiger partial charge in [0, 0.05) is 12.7 Å². The van der Waals surface area contributed by atoms with Crippen LogP contribution in [-0.4, -0.2) is 24.1 Å². The molecule has 0 saturated heterocycles. The van der Waals surface area contributed by atoms with Crippen molar-refractivity contribution in [3.05, 3.63) is 41.2 Å². The number of benzene rings is 1. The molecular weight excluding hydrogens is 292 g/mol. The molecule has 3 N–H and O–H groups in total. The number of rotatable bonds is 3. The maximum Gasteiger partial charge on any atom is 0.273 e. The van der Waals surface area contributed by atoms with E-state index in [1.54, 1.807) is 33.0 Å². The minimum atomic E-state index is -3.76. The molecule has 0 unspecified atom stereocenters. The van der Waals surface area contributed by atoms with Gasteiger partial charge >= 0.3 is 0 Å². The molecule has 0 saturated carbocycles. The van der Waals surface area contributed by atoms with Crippen molar-refractivity contribution in [3.63, 3.8) is 0 Å². The lowest BCUT2D eigenvalue weighted by molar-refractivity contribution is 0.101. The lowest BCUT2D eigenvalue weighted by atomic mass is 10.2. The zero-order valence-corrected chi connectivity index (χ0v) is 12.7. The van der Waals surface area contributed by atoms with Crippen molar-refractivity contribution in [2.75, 3.05) is 5.32 Å². The van der Waals surface area contributed by atoms with Crippen LogP contribution in [0.5, 0.6) is 0 Å². The van der Waals surface area contributed by atoms with E-state index < -0.39 is 10.0 Å². The van der Waals surface area contributed by atoms with Crippen molar-refractivity contribution < 1.29 is 13.2 Å². The standard InChI is InChI=1S/C13H16N4O3S/c1-8-6-10(4-5-12(8)21(14,19)20)15-13(18)11-7-9(2)16-17(11)3/h4-7H,1-3H3,(H,15,18)(H2,14,19,20). The third-order valence-corrected chi connectivity index (χ3v) is 4.05. The summed E-state index contributed by atoms with van der Waals surface area (Å²) >= 11 is 0. The predicted octanol–water partition coefficient (Wildman–Crippen LogP) is 0.937. The maximum absolute atomic E-state index is 12.1. The Hall–Kier alpha value is -2.19. The van der Waals surface area contributed by atoms with Gasteiger partial charge in [-0.15, -0.1) is 0 Å². The summed E-state index contributed by atoms with van der Waals surface area (Å²) in [7, 11) is -2.08. The van der Waals surface area contributed by atoms with Crippen molar-refractivity contribution in [2.45, 2.75) is 18.7 Å². The lowest BCUT2D eigenvalue weighted by Crippen LogP contribution is -2.17. The van der Waals surface area contributed by atoms with Crippen LogP contribution in [-0.2, 0) is 17.1 Å². The topological polar surface area (TPSA) is 107 Å². The van der Waals surface area contributed by atoms with Gasteiger partial charge in [-0.2, -0.15) is 5.10 Å². The van der Waals surface area contributed by atoms with Gasteiger partial charge in [-0.3, -0.25) is 9.48 Å². The highest BCUT2D eigenvalue weighted by molar-refractivity contribution is 7.89. The molecule has 0 radical (unpaired) electrons. The molecule has 0 aliphatic rings. The second-order valence-electron chi connectivity index (χ2n) is 4.77. The Morgan fingerprint density at radius 2 is 1.95 bits per heavy atom. The van der Waals surface area contributed by atoms with Gasteiger partial charge in [-0.05, 0) is 43.7 Å². The van der Waals surface area contributed by atoms with Crippen LogP contribution in [0.1, 0.15) is 21.7 Å². The first-order chi connectivity index (χ1) is 9.68. The number of nitrogens with zero attached hydrogens (tertiary/aromatic N) is 2. The van der Waals surface area contributed by atoms with Crippen molar-refractivity contribution >= 4 is 21.6 Å². The molecular formula is C13H16N4O3S. The zero-order chi connectivity index (χ0) is 15.8. The summed E-state index contributed by atoms with van der Waals surface area (Å²) in [6.07, 6.45) is 0. The first kappa shape index (κ1) is 15.2. The molecule has 0 aliphatic carbocycles. The second kappa shape index (κ2) is 5.30. The number of nitrogens with two attached hydrogens (primary N) is 1. The van der Waals surface area contributed by atoms with Gasteiger partial charge < -0.3 is 5.32 Å². The van der Waals surface area contributed by atoms with Crippen LogP contribution in [0.15, 0.2) is 29.2 Å². The maximum atomic E-state index is 12.1. The molecule has 21 heavy (non-hydrogen) atoms. The number of amides is 1. The van der Waals surface area contributed by atoms with Crippen molar-refractivity contribution in [2.24, 2.45) is 12.2 Å². The summed E-state index contributed by atoms with van der Waals surface area (Å²) in [5.74, 6) is -0.319. The summed E-state index contributed by atoms with van der Waals surface area (Å²) in [5.41, 5.74) is 2.12. The fourth-order valence-corrected chi connectivity index (χ4v) is 2.83. The fourth-order valence-electron chi connectivity index (χ4n) is 2.06. The van der Waals surface area contributed by atoms with Crippen LogP contribution < -0.4 is 10.5 Å². The number of hydrogen-bond acceptors (Lipinski definition) is 4. The molecule has 1 heterocycles. The Kier molecular flexibility index (Phi) is 3.84. The Bertz CT molecular complexity index is 809. The van der Waals surface area contributed by atoms with E-state index in [0.29, 0.717) is 16.9 Å². The van der Waals surface area contributed by atoms with Crippen molar-refractivity contribution in [1.29, 1.82) is 0 Å². The molecule has 0 atom stereocenters. The number of sulfonamides is 1. The molecule has 0 aliphatic heterocycles. The lowest BCUT2D eigenvalue weighted by Gasteiger charge is -2.08. The first-order valence-corrected chi connectivity index (χ1v) is 7.68. The monoisotopic (exact) mass is 308 g/mol. The molecule has 1 aromatic carbocycles. The van der Waals surface area contributed by atoms with E-state index in [1.165, 1.54) is 16.8 Å². The van der Waals surface area contributed by atoms with E-state index in [-0.39, 0.29) is 10.8 Å². The van der Waals surface area contributed by atoms with Gasteiger partial charge in [0.1, 0.15) is 5.69 Å². The number of aryl methyl sites for hydroxylation is 3. The molecule has 1 amide bonds. The van der Waals surface area contributed by atoms with Gasteiger partial charge in [0.15, 0.2) is 0 Å². The van der Waals surface area contributed by atoms with E-state index in [1.807, 2.05) is 0 Å². The highest BCUT2D eigenvalue weighted by Crippen LogP contribution is 2.19. The molecule has 2 rings (SSSR count). The zero-order valence-electron chi connectivity index (χ0n) is 11.9. The van der Waals surface area contributed by atoms with Crippen LogP contribution in [0.3, 0.4) is 0 Å². The summed E-state index contributed by atoms with van der Waals surface area (Å²) in [6.45, 7) is 3.41. The SMILES string of the molecule is Cc1cc(C(=O)Nc2ccc(S(N)(=O)=O)c(C)c2)n(C)n1. The van der Waals surface area contributed by atoms with Gasteiger partial charge in [0.25, 0.3) is 5.91 Å². The predicted molar refractivity (Wildman–Crippen MR) is 78.5 cm³/mol. The molecule has 0 bridgehead atoms. The fraction of sp³-hybridized carbons (Fsp3) is 0.231. The van der Waals surface area contributed by atoms with Gasteiger partial charge in [-0.25, -0.2) is 13.6 Å². The highest BCUT2D eigenvalue weighted by atomic mass is 32.2. The Labute approximate surface area is 122 Å². The molecule has 0 fully saturated rings. The molecule has 2 aromatic rings. The minimum absolute atomic E-state index is 0.0388. The number of primary sulfonamides is 1. The average molecular weight is 308 g/mol. The van der Waals surface area contributed by atoms with Crippen LogP contribution in [0.25, 0.3) is 0 Å². The number of anilines is 1. The Balaban J connectivity index is 2.27. The number of nitrogens with one attached hydrogen (secondary N) is 1. The smallest absolute Gasteiger partial charge is 0.273 e. The third kappa shape index (κ3) is 3.29. The highest BCUT2D eigenvalue weighted by Gasteiger charge is 2.15. The number of hydrogen-bond donors (Lipinski definition) is 2. The van der Waals surface area contributed by atoms with Crippen LogP contribution >= 0.6 is 0 Å². The van der Waals surface area contributed by atoms with E-state index >= 15 is 0 Å². The third-order valence-electron chi connectivity index (χ3n) is 2.97. The number of aromatic nitrogens is 2. The summed E-state index contributed by atoms with van der Waals surface area (Å²) in [5, 5.41) is 11.9. The van der Waals surface area contributed by atoms with E-state index in [0.717, 1.165) is 5.69 Å². The summed E-state index contributed by atoms with van der Waals surface area (Å²) < 4.78 is 24.2. The molecule has 112 valence electrons. The minimum Gasteiger partial charge on any atom is -0.321 e. The van der Waals surface area contributed by atoms with Crippen LogP contribution in [0.2, 0.25) is 0 Å². The molecule has 1 aromatic heterocycles. The normalized spacial score (nSPS) is 11.4. The van der Waals surface area contributed by atoms with E-state index in [2.05, 4.69) is 10.4 Å². The molecule has 0 spiro atoms. The van der Waals surface area contributed by atoms with Gasteiger partial charge in [0.2, 0.25) is 10.0 Å². The average Bonchev–Trinajstić information content (AvgIpc) is 2.67. The van der Waals surface area contributed by atoms with Crippen molar-refractivity contribution in [1.82, 2.24) is 9.78 Å². The van der Waals surface area contributed by atoms with E-state index in [9.17, 15) is 13.2 Å². The van der Waals surface area contributed by atoms with Crippen LogP contribution in [0, 0.1) is 13.8 Å². The Morgan fingerprint density at radius 3 is 2.43 bits per heavy atom. The van der Waals surface area contributed by atoms with Gasteiger partial charge in [0.05, 0.1) is 10.6 Å². The number of carbonyl (C=O) groups is 1. The second-order valence-corrected chi connectivity index (χ2v) is 6.30. The largest absolute Gasteiger partial charge is 0.321 e. The number of carbonyl (C=O) groups excluding carboxylic acids is 1.